The zero-order valence-corrected chi connectivity index (χ0v) is 20.1. The molecule has 0 bridgehead atoms. The van der Waals surface area contributed by atoms with Crippen molar-refractivity contribution in [2.75, 3.05) is 11.4 Å². The number of aryl methyl sites for hydroxylation is 1. The molecule has 2 aromatic carbocycles. The Hall–Kier alpha value is -3.03. The van der Waals surface area contributed by atoms with Crippen molar-refractivity contribution in [1.29, 1.82) is 0 Å². The second-order valence-corrected chi connectivity index (χ2v) is 11.0. The average Bonchev–Trinajstić information content (AvgIpc) is 3.27. The van der Waals surface area contributed by atoms with Crippen LogP contribution in [-0.2, 0) is 21.2 Å². The van der Waals surface area contributed by atoms with Gasteiger partial charge in [0.1, 0.15) is 5.54 Å². The lowest BCUT2D eigenvalue weighted by Gasteiger charge is -2.39. The van der Waals surface area contributed by atoms with Crippen LogP contribution in [0.2, 0.25) is 0 Å². The van der Waals surface area contributed by atoms with Crippen LogP contribution in [0.15, 0.2) is 71.9 Å². The predicted molar refractivity (Wildman–Crippen MR) is 133 cm³/mol. The normalized spacial score (nSPS) is 17.4. The molecule has 1 N–H and O–H groups in total. The molecule has 2 aliphatic rings. The summed E-state index contributed by atoms with van der Waals surface area (Å²) in [5.41, 5.74) is 3.90. The van der Waals surface area contributed by atoms with Crippen LogP contribution in [0.4, 0.5) is 5.69 Å². The molecule has 0 atom stereocenters. The van der Waals surface area contributed by atoms with E-state index in [4.69, 9.17) is 0 Å². The highest BCUT2D eigenvalue weighted by atomic mass is 32.2. The lowest BCUT2D eigenvalue weighted by Crippen LogP contribution is -2.60. The van der Waals surface area contributed by atoms with Crippen LogP contribution in [-0.4, -0.2) is 31.4 Å². The molecule has 5 rings (SSSR count). The van der Waals surface area contributed by atoms with Crippen molar-refractivity contribution in [3.8, 4) is 11.1 Å². The summed E-state index contributed by atoms with van der Waals surface area (Å²) in [5, 5.41) is 0. The number of hydrogen-bond donors (Lipinski definition) is 1. The van der Waals surface area contributed by atoms with Gasteiger partial charge in [-0.05, 0) is 84.8 Å². The van der Waals surface area contributed by atoms with Gasteiger partial charge in [0.2, 0.25) is 15.9 Å². The minimum atomic E-state index is -3.84. The van der Waals surface area contributed by atoms with Crippen molar-refractivity contribution in [3.05, 3.63) is 78.1 Å². The fraction of sp³-hybridized carbons (Fsp3) is 0.333. The molecule has 3 aromatic rings. The maximum atomic E-state index is 14.0. The molecule has 1 aromatic heterocycles. The van der Waals surface area contributed by atoms with Crippen molar-refractivity contribution in [2.45, 2.75) is 55.9 Å². The highest BCUT2D eigenvalue weighted by Gasteiger charge is 2.46. The molecular formula is C27H29N3O3S. The highest BCUT2D eigenvalue weighted by molar-refractivity contribution is 7.89. The van der Waals surface area contributed by atoms with Crippen LogP contribution < -0.4 is 9.62 Å². The van der Waals surface area contributed by atoms with E-state index in [2.05, 4.69) is 15.8 Å². The molecule has 0 radical (unpaired) electrons. The smallest absolute Gasteiger partial charge is 0.248 e. The van der Waals surface area contributed by atoms with Gasteiger partial charge in [-0.2, -0.15) is 4.72 Å². The Labute approximate surface area is 201 Å². The summed E-state index contributed by atoms with van der Waals surface area (Å²) >= 11 is 0. The van der Waals surface area contributed by atoms with Gasteiger partial charge in [0.15, 0.2) is 0 Å². The second-order valence-electron chi connectivity index (χ2n) is 9.35. The first-order chi connectivity index (χ1) is 16.4. The van der Waals surface area contributed by atoms with Gasteiger partial charge in [-0.1, -0.05) is 37.5 Å². The molecule has 1 amide bonds. The number of amides is 1. The number of nitrogens with zero attached hydrogens (tertiary/aromatic N) is 2. The Bertz CT molecular complexity index is 1320. The number of anilines is 1. The molecule has 7 heteroatoms. The highest BCUT2D eigenvalue weighted by Crippen LogP contribution is 2.38. The van der Waals surface area contributed by atoms with E-state index in [1.807, 2.05) is 37.3 Å². The van der Waals surface area contributed by atoms with Crippen LogP contribution in [0.3, 0.4) is 0 Å². The molecule has 1 fully saturated rings. The maximum Gasteiger partial charge on any atom is 0.248 e. The molecule has 0 unspecified atom stereocenters. The summed E-state index contributed by atoms with van der Waals surface area (Å²) in [6.45, 7) is 2.42. The number of pyridine rings is 1. The Morgan fingerprint density at radius 1 is 0.971 bits per heavy atom. The average molecular weight is 476 g/mol. The van der Waals surface area contributed by atoms with E-state index in [1.165, 1.54) is 0 Å². The molecule has 176 valence electrons. The van der Waals surface area contributed by atoms with E-state index in [-0.39, 0.29) is 10.8 Å². The number of benzene rings is 2. The maximum absolute atomic E-state index is 14.0. The van der Waals surface area contributed by atoms with E-state index in [9.17, 15) is 13.2 Å². The zero-order chi connectivity index (χ0) is 23.8. The Morgan fingerprint density at radius 3 is 2.47 bits per heavy atom. The van der Waals surface area contributed by atoms with Crippen LogP contribution >= 0.6 is 0 Å². The molecular weight excluding hydrogens is 446 g/mol. The summed E-state index contributed by atoms with van der Waals surface area (Å²) in [6, 6.07) is 16.9. The molecule has 1 saturated carbocycles. The van der Waals surface area contributed by atoms with E-state index in [1.54, 1.807) is 35.5 Å². The molecule has 0 spiro atoms. The first-order valence-electron chi connectivity index (χ1n) is 11.8. The summed E-state index contributed by atoms with van der Waals surface area (Å²) in [5.74, 6) is -0.140. The number of carbonyl (C=O) groups excluding carboxylic acids is 1. The molecule has 34 heavy (non-hydrogen) atoms. The lowest BCUT2D eigenvalue weighted by atomic mass is 9.81. The van der Waals surface area contributed by atoms with Crippen LogP contribution in [0.1, 0.15) is 43.2 Å². The Morgan fingerprint density at radius 2 is 1.74 bits per heavy atom. The number of aromatic nitrogens is 1. The quantitative estimate of drug-likeness (QED) is 0.584. The summed E-state index contributed by atoms with van der Waals surface area (Å²) in [7, 11) is -3.84. The van der Waals surface area contributed by atoms with E-state index in [0.717, 1.165) is 53.6 Å². The number of nitrogens with one attached hydrogen (secondary N) is 1. The SMILES string of the molecule is Cc1cccc(S(=O)(=O)NC2(C(=O)N3CCc4cc(-c5ccncc5)ccc43)CCCCC2)c1. The van der Waals surface area contributed by atoms with Gasteiger partial charge >= 0.3 is 0 Å². The number of carbonyl (C=O) groups is 1. The fourth-order valence-electron chi connectivity index (χ4n) is 5.21. The van der Waals surface area contributed by atoms with E-state index in [0.29, 0.717) is 19.4 Å². The number of fused-ring (bicyclic) bond motifs is 1. The van der Waals surface area contributed by atoms with Gasteiger partial charge < -0.3 is 4.90 Å². The standard InChI is InChI=1S/C27H29N3O3S/c1-20-6-5-7-24(18-20)34(32,33)29-27(13-3-2-4-14-27)26(31)30-17-12-23-19-22(8-9-25(23)30)21-10-15-28-16-11-21/h5-11,15-16,18-19,29H,2-4,12-14,17H2,1H3. The topological polar surface area (TPSA) is 79.4 Å². The van der Waals surface area contributed by atoms with Gasteiger partial charge in [0, 0.05) is 24.6 Å². The molecule has 1 aliphatic carbocycles. The minimum Gasteiger partial charge on any atom is -0.310 e. The zero-order valence-electron chi connectivity index (χ0n) is 19.3. The molecule has 2 heterocycles. The first kappa shape index (κ1) is 22.7. The van der Waals surface area contributed by atoms with E-state index < -0.39 is 15.6 Å². The van der Waals surface area contributed by atoms with Crippen molar-refractivity contribution in [1.82, 2.24) is 9.71 Å². The van der Waals surface area contributed by atoms with Gasteiger partial charge in [0.05, 0.1) is 4.90 Å². The molecule has 6 nitrogen and oxygen atoms in total. The fourth-order valence-corrected chi connectivity index (χ4v) is 6.73. The number of rotatable bonds is 5. The summed E-state index contributed by atoms with van der Waals surface area (Å²) in [6.07, 6.45) is 7.97. The predicted octanol–water partition coefficient (Wildman–Crippen LogP) is 4.63. The van der Waals surface area contributed by atoms with Gasteiger partial charge in [-0.25, -0.2) is 8.42 Å². The van der Waals surface area contributed by atoms with Gasteiger partial charge in [-0.15, -0.1) is 0 Å². The van der Waals surface area contributed by atoms with Crippen molar-refractivity contribution in [2.24, 2.45) is 0 Å². The molecule has 0 saturated heterocycles. The summed E-state index contributed by atoms with van der Waals surface area (Å²) < 4.78 is 29.5. The van der Waals surface area contributed by atoms with Crippen molar-refractivity contribution in [3.63, 3.8) is 0 Å². The number of hydrogen-bond acceptors (Lipinski definition) is 4. The van der Waals surface area contributed by atoms with Crippen LogP contribution in [0, 0.1) is 6.92 Å². The summed E-state index contributed by atoms with van der Waals surface area (Å²) in [4.78, 5) is 20.1. The van der Waals surface area contributed by atoms with Gasteiger partial charge in [0.25, 0.3) is 0 Å². The Balaban J connectivity index is 1.46. The Kier molecular flexibility index (Phi) is 6.00. The van der Waals surface area contributed by atoms with Crippen LogP contribution in [0.25, 0.3) is 11.1 Å². The largest absolute Gasteiger partial charge is 0.310 e. The first-order valence-corrected chi connectivity index (χ1v) is 13.3. The third kappa shape index (κ3) is 4.26. The molecule has 1 aliphatic heterocycles. The van der Waals surface area contributed by atoms with Gasteiger partial charge in [-0.3, -0.25) is 9.78 Å². The third-order valence-electron chi connectivity index (χ3n) is 6.98. The minimum absolute atomic E-state index is 0.140. The van der Waals surface area contributed by atoms with E-state index >= 15 is 0 Å². The monoisotopic (exact) mass is 475 g/mol. The lowest BCUT2D eigenvalue weighted by molar-refractivity contribution is -0.125. The van der Waals surface area contributed by atoms with Crippen molar-refractivity contribution < 1.29 is 13.2 Å². The third-order valence-corrected chi connectivity index (χ3v) is 8.51. The van der Waals surface area contributed by atoms with Crippen LogP contribution in [0.5, 0.6) is 0 Å². The second kappa shape index (κ2) is 8.96. The van der Waals surface area contributed by atoms with Crippen molar-refractivity contribution >= 4 is 21.6 Å². The number of sulfonamides is 1.